The zero-order valence-corrected chi connectivity index (χ0v) is 65.3. The predicted octanol–water partition coefficient (Wildman–Crippen LogP) is 20.9. The van der Waals surface area contributed by atoms with Crippen LogP contribution in [0, 0.1) is 66.5 Å². The van der Waals surface area contributed by atoms with Crippen LogP contribution in [-0.2, 0) is 47.9 Å². The van der Waals surface area contributed by atoms with E-state index in [4.69, 9.17) is 51.1 Å². The molecular formula is C70H128F12O20. The van der Waals surface area contributed by atoms with E-state index in [1.165, 1.54) is 27.7 Å². The quantitative estimate of drug-likeness (QED) is 0.0311. The summed E-state index contributed by atoms with van der Waals surface area (Å²) in [5.74, 6) is -11.5. The molecule has 10 N–H and O–H groups in total. The normalized spacial score (nSPS) is 15.6. The minimum absolute atomic E-state index is 0.0259. The number of carboxylic acid groups (broad SMARTS) is 10. The second kappa shape index (κ2) is 51.1. The van der Waals surface area contributed by atoms with Crippen molar-refractivity contribution in [3.8, 4) is 0 Å². The molecule has 0 aliphatic heterocycles. The van der Waals surface area contributed by atoms with Crippen molar-refractivity contribution in [1.82, 2.24) is 0 Å². The molecule has 0 spiro atoms. The monoisotopic (exact) mass is 1520 g/mol. The molecule has 0 amide bonds. The van der Waals surface area contributed by atoms with Crippen molar-refractivity contribution in [2.75, 3.05) is 0 Å². The Morgan fingerprint density at radius 3 is 0.627 bits per heavy atom. The maximum atomic E-state index is 12.2. The van der Waals surface area contributed by atoms with Gasteiger partial charge in [0.2, 0.25) is 0 Å². The van der Waals surface area contributed by atoms with Crippen molar-refractivity contribution in [1.29, 1.82) is 0 Å². The highest BCUT2D eigenvalue weighted by Gasteiger charge is 2.56. The first-order valence-corrected chi connectivity index (χ1v) is 33.7. The molecule has 0 aromatic carbocycles. The molecule has 0 radical (unpaired) electrons. The summed E-state index contributed by atoms with van der Waals surface area (Å²) in [4.78, 5) is 104. The van der Waals surface area contributed by atoms with Gasteiger partial charge in [0.25, 0.3) is 0 Å². The molecule has 0 aromatic rings. The Bertz CT molecular complexity index is 2370. The number of halogens is 12. The lowest BCUT2D eigenvalue weighted by Crippen LogP contribution is -2.41. The van der Waals surface area contributed by atoms with Crippen molar-refractivity contribution >= 4 is 59.7 Å². The van der Waals surface area contributed by atoms with Gasteiger partial charge in [0.15, 0.2) is 5.41 Å². The van der Waals surface area contributed by atoms with E-state index >= 15 is 0 Å². The predicted molar refractivity (Wildman–Crippen MR) is 365 cm³/mol. The molecule has 0 fully saturated rings. The lowest BCUT2D eigenvalue weighted by atomic mass is 9.77. The molecule has 0 aromatic heterocycles. The first-order valence-electron chi connectivity index (χ1n) is 33.7. The van der Waals surface area contributed by atoms with E-state index in [1.54, 1.807) is 55.4 Å². The van der Waals surface area contributed by atoms with Gasteiger partial charge in [-0.1, -0.05) is 124 Å². The van der Waals surface area contributed by atoms with Crippen molar-refractivity contribution in [2.45, 2.75) is 321 Å². The van der Waals surface area contributed by atoms with E-state index in [2.05, 4.69) is 0 Å². The Morgan fingerprint density at radius 1 is 0.314 bits per heavy atom. The summed E-state index contributed by atoms with van der Waals surface area (Å²) in [5, 5.41) is 85.5. The third-order valence-corrected chi connectivity index (χ3v) is 19.4. The number of carbonyl (C=O) groups is 10. The second-order valence-electron chi connectivity index (χ2n) is 27.9. The summed E-state index contributed by atoms with van der Waals surface area (Å²) in [6.45, 7) is 44.2. The van der Waals surface area contributed by atoms with Crippen molar-refractivity contribution in [3.05, 3.63) is 0 Å². The highest BCUT2D eigenvalue weighted by atomic mass is 19.4. The van der Waals surface area contributed by atoms with Gasteiger partial charge < -0.3 is 51.1 Å². The molecule has 0 saturated heterocycles. The summed E-state index contributed by atoms with van der Waals surface area (Å²) in [6, 6.07) is 0. The topological polar surface area (TPSA) is 373 Å². The van der Waals surface area contributed by atoms with Crippen LogP contribution in [0.4, 0.5) is 52.7 Å². The first kappa shape index (κ1) is 117. The zero-order valence-electron chi connectivity index (χ0n) is 65.3. The fourth-order valence-corrected chi connectivity index (χ4v) is 6.46. The van der Waals surface area contributed by atoms with Gasteiger partial charge in [-0.3, -0.25) is 47.9 Å². The fraction of sp³-hybridized carbons (Fsp3) is 0.857. The van der Waals surface area contributed by atoms with Crippen LogP contribution in [0.25, 0.3) is 0 Å². The Balaban J connectivity index is -0.000000116. The number of aliphatic carboxylic acids is 10. The summed E-state index contributed by atoms with van der Waals surface area (Å²) in [5.41, 5.74) is -9.83. The van der Waals surface area contributed by atoms with E-state index in [0.717, 1.165) is 46.5 Å². The van der Waals surface area contributed by atoms with E-state index in [-0.39, 0.29) is 37.5 Å². The maximum Gasteiger partial charge on any atom is 0.404 e. The van der Waals surface area contributed by atoms with Crippen LogP contribution in [-0.4, -0.2) is 135 Å². The minimum atomic E-state index is -4.67. The summed E-state index contributed by atoms with van der Waals surface area (Å²) >= 11 is 0. The highest BCUT2D eigenvalue weighted by Crippen LogP contribution is 2.42. The lowest BCUT2D eigenvalue weighted by molar-refractivity contribution is -0.227. The molecule has 102 heavy (non-hydrogen) atoms. The van der Waals surface area contributed by atoms with Crippen LogP contribution in [0.2, 0.25) is 0 Å². The first-order chi connectivity index (χ1) is 45.1. The molecule has 0 heterocycles. The van der Waals surface area contributed by atoms with Crippen LogP contribution < -0.4 is 0 Å². The average Bonchev–Trinajstić information content (AvgIpc) is 0.817. The summed E-state index contributed by atoms with van der Waals surface area (Å²) in [7, 11) is 0. The van der Waals surface area contributed by atoms with E-state index in [0.29, 0.717) is 45.4 Å². The summed E-state index contributed by atoms with van der Waals surface area (Å²) < 4.78 is 143. The molecule has 8 unspecified atom stereocenters. The Hall–Kier alpha value is -6.14. The lowest BCUT2D eigenvalue weighted by Gasteiger charge is -2.27. The van der Waals surface area contributed by atoms with Gasteiger partial charge in [-0.2, -0.15) is 52.7 Å². The molecule has 0 rings (SSSR count). The van der Waals surface area contributed by atoms with Gasteiger partial charge in [-0.05, 0) is 165 Å². The van der Waals surface area contributed by atoms with E-state index in [9.17, 15) is 101 Å². The molecule has 8 atom stereocenters. The van der Waals surface area contributed by atoms with Crippen molar-refractivity contribution < 1.29 is 152 Å². The number of hydrogen-bond donors (Lipinski definition) is 10. The molecule has 0 aliphatic rings. The van der Waals surface area contributed by atoms with E-state index < -0.39 is 158 Å². The van der Waals surface area contributed by atoms with E-state index in [1.807, 2.05) is 76.2 Å². The molecule has 20 nitrogen and oxygen atoms in total. The Morgan fingerprint density at radius 2 is 0.578 bits per heavy atom. The average molecular weight is 1520 g/mol. The molecule has 32 heteroatoms. The van der Waals surface area contributed by atoms with Gasteiger partial charge in [0.05, 0.1) is 68.0 Å². The van der Waals surface area contributed by atoms with Crippen LogP contribution in [0.1, 0.15) is 296 Å². The van der Waals surface area contributed by atoms with Crippen LogP contribution in [0.15, 0.2) is 0 Å². The maximum absolute atomic E-state index is 12.2. The zero-order chi connectivity index (χ0) is 85.0. The standard InChI is InChI=1S/C9H15F3O2.2C8H16O2.2C7H11F3O2.2C7H14O2.C6H9F3O2.C6H12O2.C5H10O2/c1-4-8(3,7(13)14)5-6(2)9(10,11)12;1-5-8(4,6(2)3)7(9)10;1-4-6-8(3,5-2)7(9)10;2*1-3-6(2,5(11)12)4-7(8,9)10;2*1-4-7(3,5-2)6(8)9;1-3-5(2,4(10)11)6(7,8)9;1-4-6(2,3)5(7)8;1-3-4(2)5(6)7/h6H,4-5H2,1-3H3,(H,13,14);6H,5H2,1-4H3,(H,9,10);4-6H2,1-3H3,(H,9,10);2*3-4H2,1-2H3,(H,11,12);2*4-5H2,1-3H3,(H,8,9);3H2,1-2H3,(H,10,11);4H2,1-3H3,(H,7,8);4H,3H2,1-2H3,(H,6,7). The molecule has 0 aliphatic carbocycles. The van der Waals surface area contributed by atoms with Gasteiger partial charge >= 0.3 is 84.4 Å². The third-order valence-electron chi connectivity index (χ3n) is 19.4. The van der Waals surface area contributed by atoms with Crippen LogP contribution in [0.5, 0.6) is 0 Å². The minimum Gasteiger partial charge on any atom is -0.481 e. The number of hydrogen-bond acceptors (Lipinski definition) is 10. The van der Waals surface area contributed by atoms with Gasteiger partial charge in [0, 0.05) is 0 Å². The number of carboxylic acids is 10. The molecule has 612 valence electrons. The highest BCUT2D eigenvalue weighted by molar-refractivity contribution is 5.77. The fourth-order valence-electron chi connectivity index (χ4n) is 6.46. The second-order valence-corrected chi connectivity index (χ2v) is 27.9. The van der Waals surface area contributed by atoms with Crippen molar-refractivity contribution in [3.63, 3.8) is 0 Å². The molecule has 0 saturated carbocycles. The molecule has 0 bridgehead atoms. The number of rotatable bonds is 29. The SMILES string of the molecule is CCC(C)(C(=O)O)C(C)C.CCC(C)(C(=O)O)C(F)(F)F.CCC(C)(C)C(=O)O.CCC(C)(CC(C)C(F)(F)F)C(=O)O.CCC(C)(CC(F)(F)F)C(=O)O.CCC(C)(CC(F)(F)F)C(=O)O.CCC(C)(CC)C(=O)O.CCC(C)(CC)C(=O)O.CCC(C)C(=O)O.CCCC(C)(CC)C(=O)O. The Labute approximate surface area is 597 Å². The Kier molecular flexibility index (Phi) is 58.6. The van der Waals surface area contributed by atoms with Gasteiger partial charge in [0.1, 0.15) is 0 Å². The van der Waals surface area contributed by atoms with Gasteiger partial charge in [-0.15, -0.1) is 0 Å². The molecular weight excluding hydrogens is 1390 g/mol. The summed E-state index contributed by atoms with van der Waals surface area (Å²) in [6.07, 6.45) is -13.7. The largest absolute Gasteiger partial charge is 0.481 e. The van der Waals surface area contributed by atoms with Crippen molar-refractivity contribution in [2.24, 2.45) is 66.5 Å². The van der Waals surface area contributed by atoms with Crippen LogP contribution >= 0.6 is 0 Å². The van der Waals surface area contributed by atoms with Crippen LogP contribution in [0.3, 0.4) is 0 Å². The smallest absolute Gasteiger partial charge is 0.404 e. The number of alkyl halides is 12. The third kappa shape index (κ3) is 48.7. The van der Waals surface area contributed by atoms with Gasteiger partial charge in [-0.25, -0.2) is 0 Å².